The van der Waals surface area contributed by atoms with Gasteiger partial charge >= 0.3 is 0 Å². The van der Waals surface area contributed by atoms with E-state index >= 15 is 0 Å². The lowest BCUT2D eigenvalue weighted by molar-refractivity contribution is 0.197. The molecule has 0 aliphatic rings. The topological polar surface area (TPSA) is 70.5 Å². The van der Waals surface area contributed by atoms with Crippen LogP contribution in [0.15, 0.2) is 24.5 Å². The van der Waals surface area contributed by atoms with E-state index in [9.17, 15) is 8.42 Å². The third-order valence-corrected chi connectivity index (χ3v) is 5.14. The lowest BCUT2D eigenvalue weighted by Crippen LogP contribution is -2.33. The fourth-order valence-corrected chi connectivity index (χ4v) is 2.64. The summed E-state index contributed by atoms with van der Waals surface area (Å²) in [5.41, 5.74) is 1.01. The quantitative estimate of drug-likeness (QED) is 0.762. The van der Waals surface area contributed by atoms with Gasteiger partial charge in [0.25, 0.3) is 0 Å². The van der Waals surface area contributed by atoms with Gasteiger partial charge in [-0.15, -0.1) is 0 Å². The maximum Gasteiger partial charge on any atom is 0.153 e. The Morgan fingerprint density at radius 1 is 1.37 bits per heavy atom. The van der Waals surface area contributed by atoms with Crippen molar-refractivity contribution in [1.29, 1.82) is 0 Å². The van der Waals surface area contributed by atoms with Gasteiger partial charge in [-0.2, -0.15) is 0 Å². The summed E-state index contributed by atoms with van der Waals surface area (Å²) in [6, 6.07) is 3.78. The Kier molecular flexibility index (Phi) is 6.41. The zero-order valence-electron chi connectivity index (χ0n) is 11.5. The number of nitrogens with zero attached hydrogens (tertiary/aromatic N) is 2. The fourth-order valence-electron chi connectivity index (χ4n) is 1.65. The molecule has 1 aromatic heterocycles. The van der Waals surface area contributed by atoms with Crippen LogP contribution in [0.4, 0.5) is 0 Å². The van der Waals surface area contributed by atoms with Crippen LogP contribution in [0.5, 0.6) is 0 Å². The Morgan fingerprint density at radius 3 is 2.63 bits per heavy atom. The first-order chi connectivity index (χ1) is 8.95. The summed E-state index contributed by atoms with van der Waals surface area (Å²) in [5.74, 6) is 0.116. The van der Waals surface area contributed by atoms with Gasteiger partial charge in [-0.25, -0.2) is 8.42 Å². The Morgan fingerprint density at radius 2 is 2.11 bits per heavy atom. The normalized spacial score (nSPS) is 12.3. The van der Waals surface area contributed by atoms with E-state index in [0.717, 1.165) is 5.56 Å². The molecule has 0 aromatic carbocycles. The average Bonchev–Trinajstić information content (AvgIpc) is 2.37. The zero-order valence-corrected chi connectivity index (χ0v) is 12.3. The number of aliphatic hydroxyl groups excluding tert-OH is 1. The van der Waals surface area contributed by atoms with Crippen LogP contribution >= 0.6 is 0 Å². The summed E-state index contributed by atoms with van der Waals surface area (Å²) in [4.78, 5) is 5.96. The van der Waals surface area contributed by atoms with E-state index in [4.69, 9.17) is 5.11 Å². The van der Waals surface area contributed by atoms with E-state index in [2.05, 4.69) is 4.98 Å². The van der Waals surface area contributed by atoms with Gasteiger partial charge < -0.3 is 5.11 Å². The van der Waals surface area contributed by atoms with E-state index in [0.29, 0.717) is 19.6 Å². The molecule has 6 heteroatoms. The van der Waals surface area contributed by atoms with Crippen molar-refractivity contribution in [3.8, 4) is 0 Å². The van der Waals surface area contributed by atoms with Crippen molar-refractivity contribution < 1.29 is 13.5 Å². The first-order valence-electron chi connectivity index (χ1n) is 6.39. The SMILES string of the molecule is CC(C)S(=O)(=O)CCN(CCO)Cc1cccnc1. The number of sulfone groups is 1. The molecular formula is C13H22N2O3S. The summed E-state index contributed by atoms with van der Waals surface area (Å²) in [6.45, 7) is 4.88. The molecule has 1 aromatic rings. The Bertz CT molecular complexity index is 460. The Labute approximate surface area is 115 Å². The maximum atomic E-state index is 11.8. The molecule has 1 heterocycles. The van der Waals surface area contributed by atoms with Crippen molar-refractivity contribution in [1.82, 2.24) is 9.88 Å². The van der Waals surface area contributed by atoms with Crippen LogP contribution in [0, 0.1) is 0 Å². The first kappa shape index (κ1) is 16.1. The number of rotatable bonds is 8. The number of aliphatic hydroxyl groups is 1. The predicted molar refractivity (Wildman–Crippen MR) is 75.5 cm³/mol. The fraction of sp³-hybridized carbons (Fsp3) is 0.615. The maximum absolute atomic E-state index is 11.8. The predicted octanol–water partition coefficient (Wildman–Crippen LogP) is 0.699. The molecule has 0 radical (unpaired) electrons. The lowest BCUT2D eigenvalue weighted by atomic mass is 10.2. The molecule has 1 rings (SSSR count). The van der Waals surface area contributed by atoms with Gasteiger partial charge in [0.2, 0.25) is 0 Å². The molecule has 0 aliphatic carbocycles. The molecule has 0 spiro atoms. The molecule has 1 N–H and O–H groups in total. The van der Waals surface area contributed by atoms with E-state index in [-0.39, 0.29) is 17.6 Å². The van der Waals surface area contributed by atoms with Crippen molar-refractivity contribution in [2.24, 2.45) is 0 Å². The van der Waals surface area contributed by atoms with E-state index in [1.54, 1.807) is 26.2 Å². The molecule has 0 fully saturated rings. The molecule has 0 atom stereocenters. The Hall–Kier alpha value is -0.980. The highest BCUT2D eigenvalue weighted by Crippen LogP contribution is 2.05. The van der Waals surface area contributed by atoms with Gasteiger partial charge in [0, 0.05) is 32.0 Å². The van der Waals surface area contributed by atoms with Crippen LogP contribution in [0.25, 0.3) is 0 Å². The molecule has 0 saturated carbocycles. The van der Waals surface area contributed by atoms with E-state index < -0.39 is 9.84 Å². The monoisotopic (exact) mass is 286 g/mol. The number of hydrogen-bond donors (Lipinski definition) is 1. The van der Waals surface area contributed by atoms with Crippen molar-refractivity contribution in [3.63, 3.8) is 0 Å². The summed E-state index contributed by atoms with van der Waals surface area (Å²) in [5, 5.41) is 8.69. The standard InChI is InChI=1S/C13H22N2O3S/c1-12(2)19(17,18)9-7-15(6-8-16)11-13-4-3-5-14-10-13/h3-5,10,12,16H,6-9,11H2,1-2H3. The highest BCUT2D eigenvalue weighted by Gasteiger charge is 2.17. The van der Waals surface area contributed by atoms with Gasteiger partial charge in [-0.05, 0) is 25.5 Å². The summed E-state index contributed by atoms with van der Waals surface area (Å²) < 4.78 is 23.6. The van der Waals surface area contributed by atoms with Gasteiger partial charge in [-0.3, -0.25) is 9.88 Å². The molecule has 0 saturated heterocycles. The van der Waals surface area contributed by atoms with Crippen LogP contribution in [0.2, 0.25) is 0 Å². The molecule has 0 bridgehead atoms. The average molecular weight is 286 g/mol. The number of aromatic nitrogens is 1. The second-order valence-corrected chi connectivity index (χ2v) is 7.45. The zero-order chi connectivity index (χ0) is 14.3. The first-order valence-corrected chi connectivity index (χ1v) is 8.11. The van der Waals surface area contributed by atoms with Crippen LogP contribution in [0.1, 0.15) is 19.4 Å². The second kappa shape index (κ2) is 7.57. The van der Waals surface area contributed by atoms with E-state index in [1.165, 1.54) is 0 Å². The second-order valence-electron chi connectivity index (χ2n) is 4.78. The highest BCUT2D eigenvalue weighted by molar-refractivity contribution is 7.92. The van der Waals surface area contributed by atoms with Crippen LogP contribution in [-0.2, 0) is 16.4 Å². The van der Waals surface area contributed by atoms with Gasteiger partial charge in [-0.1, -0.05) is 6.07 Å². The molecule has 0 amide bonds. The number of pyridine rings is 1. The van der Waals surface area contributed by atoms with Gasteiger partial charge in [0.1, 0.15) is 0 Å². The highest BCUT2D eigenvalue weighted by atomic mass is 32.2. The Balaban J connectivity index is 2.59. The molecule has 5 nitrogen and oxygen atoms in total. The van der Waals surface area contributed by atoms with Crippen LogP contribution < -0.4 is 0 Å². The minimum Gasteiger partial charge on any atom is -0.395 e. The summed E-state index contributed by atoms with van der Waals surface area (Å²) in [6.07, 6.45) is 3.45. The van der Waals surface area contributed by atoms with Gasteiger partial charge in [0.05, 0.1) is 17.6 Å². The molecule has 19 heavy (non-hydrogen) atoms. The minimum absolute atomic E-state index is 0.0159. The van der Waals surface area contributed by atoms with Crippen molar-refractivity contribution in [3.05, 3.63) is 30.1 Å². The van der Waals surface area contributed by atoms with Crippen LogP contribution in [-0.4, -0.2) is 54.1 Å². The van der Waals surface area contributed by atoms with Crippen LogP contribution in [0.3, 0.4) is 0 Å². The van der Waals surface area contributed by atoms with Gasteiger partial charge in [0.15, 0.2) is 9.84 Å². The third kappa shape index (κ3) is 5.67. The number of hydrogen-bond acceptors (Lipinski definition) is 5. The minimum atomic E-state index is -3.04. The van der Waals surface area contributed by atoms with Crippen molar-refractivity contribution in [2.75, 3.05) is 25.4 Å². The molecule has 0 aliphatic heterocycles. The lowest BCUT2D eigenvalue weighted by Gasteiger charge is -2.21. The molecular weight excluding hydrogens is 264 g/mol. The van der Waals surface area contributed by atoms with Crippen molar-refractivity contribution in [2.45, 2.75) is 25.6 Å². The molecule has 0 unspecified atom stereocenters. The largest absolute Gasteiger partial charge is 0.395 e. The van der Waals surface area contributed by atoms with Crippen molar-refractivity contribution >= 4 is 9.84 Å². The van der Waals surface area contributed by atoms with E-state index in [1.807, 2.05) is 17.0 Å². The third-order valence-electron chi connectivity index (χ3n) is 2.96. The smallest absolute Gasteiger partial charge is 0.153 e. The summed E-state index contributed by atoms with van der Waals surface area (Å²) >= 11 is 0. The summed E-state index contributed by atoms with van der Waals surface area (Å²) in [7, 11) is -3.04. The molecule has 108 valence electrons.